The van der Waals surface area contributed by atoms with E-state index in [9.17, 15) is 33.6 Å². The molecule has 0 unspecified atom stereocenters. The number of aromatic nitrogens is 2. The van der Waals surface area contributed by atoms with Crippen LogP contribution in [0.5, 0.6) is 0 Å². The first-order valence-corrected chi connectivity index (χ1v) is 21.2. The lowest BCUT2D eigenvalue weighted by molar-refractivity contribution is -0.298. The van der Waals surface area contributed by atoms with Gasteiger partial charge in [-0.05, 0) is 68.0 Å². The van der Waals surface area contributed by atoms with E-state index in [1.807, 2.05) is 25.9 Å². The molecule has 4 rings (SSSR count). The summed E-state index contributed by atoms with van der Waals surface area (Å²) in [5, 5.41) is -0.895. The van der Waals surface area contributed by atoms with E-state index >= 15 is 0 Å². The number of hydrogen-bond acceptors (Lipinski definition) is 15. The van der Waals surface area contributed by atoms with Crippen LogP contribution in [0.4, 0.5) is 0 Å². The van der Waals surface area contributed by atoms with Gasteiger partial charge in [-0.3, -0.25) is 38.3 Å². The Labute approximate surface area is 344 Å². The topological polar surface area (TPSA) is 199 Å². The number of hydrogen-bond donors (Lipinski definition) is 1. The normalized spacial score (nSPS) is 37.8. The highest BCUT2D eigenvalue weighted by Gasteiger charge is 2.61. The molecule has 326 valence electrons. The number of H-pyrrole nitrogens is 1. The van der Waals surface area contributed by atoms with Crippen molar-refractivity contribution in [2.75, 3.05) is 27.0 Å². The predicted molar refractivity (Wildman–Crippen MR) is 214 cm³/mol. The molecule has 16 nitrogen and oxygen atoms in total. The van der Waals surface area contributed by atoms with Gasteiger partial charge in [0.1, 0.15) is 23.1 Å². The van der Waals surface area contributed by atoms with Gasteiger partial charge in [-0.1, -0.05) is 27.7 Å². The van der Waals surface area contributed by atoms with Crippen LogP contribution in [0.1, 0.15) is 87.1 Å². The van der Waals surface area contributed by atoms with Crippen molar-refractivity contribution in [3.63, 3.8) is 0 Å². The van der Waals surface area contributed by atoms with E-state index in [-0.39, 0.29) is 43.1 Å². The fourth-order valence-electron chi connectivity index (χ4n) is 9.11. The highest BCUT2D eigenvalue weighted by molar-refractivity contribution is 8.00. The van der Waals surface area contributed by atoms with E-state index in [2.05, 4.69) is 4.98 Å². The van der Waals surface area contributed by atoms with Gasteiger partial charge in [0.25, 0.3) is 5.56 Å². The molecule has 4 heterocycles. The van der Waals surface area contributed by atoms with Crippen LogP contribution in [0.25, 0.3) is 0 Å². The van der Waals surface area contributed by atoms with E-state index in [0.717, 1.165) is 0 Å². The number of carbonyl (C=O) groups is 5. The van der Waals surface area contributed by atoms with Crippen molar-refractivity contribution in [3.05, 3.63) is 32.6 Å². The maximum Gasteiger partial charge on any atom is 0.328 e. The highest BCUT2D eigenvalue weighted by atomic mass is 32.2. The lowest BCUT2D eigenvalue weighted by Crippen LogP contribution is -2.60. The molecule has 0 radical (unpaired) electrons. The van der Waals surface area contributed by atoms with Gasteiger partial charge in [0.15, 0.2) is 23.8 Å². The van der Waals surface area contributed by atoms with E-state index in [1.54, 1.807) is 48.5 Å². The summed E-state index contributed by atoms with van der Waals surface area (Å²) in [6.45, 7) is 16.7. The molecule has 17 heteroatoms. The predicted octanol–water partition coefficient (Wildman–Crippen LogP) is 3.07. The molecule has 3 saturated heterocycles. The summed E-state index contributed by atoms with van der Waals surface area (Å²) in [7, 11) is 5.18. The molecule has 0 bridgehead atoms. The SMILES string of the molecule is CC[C@H]1OC(=O)[C@H](C)C(=O)[C@H](C)[C@@H](O[C@@H]2O[C@H](C)C[C@H](N(C)C)[C@H]2OC(C)=O)[C@](C)(OC)C[C@@H](C)C(=O)[C@H](C)[C@H]2[C@H](SCCn3cc(C)c(=O)[nH]c3=O)C(=O)O[C@@]21C. The monoisotopic (exact) mass is 837 g/mol. The number of carbonyl (C=O) groups excluding carboxylic acids is 5. The smallest absolute Gasteiger partial charge is 0.328 e. The van der Waals surface area contributed by atoms with E-state index in [0.29, 0.717) is 12.0 Å². The number of nitrogens with zero attached hydrogens (tertiary/aromatic N) is 2. The number of rotatable bonds is 10. The first-order valence-electron chi connectivity index (χ1n) is 20.1. The average Bonchev–Trinajstić information content (AvgIpc) is 3.41. The lowest BCUT2D eigenvalue weighted by Gasteiger charge is -2.47. The van der Waals surface area contributed by atoms with E-state index < -0.39 is 106 Å². The Kier molecular flexibility index (Phi) is 15.4. The minimum absolute atomic E-state index is 0.0626. The van der Waals surface area contributed by atoms with Crippen LogP contribution in [0.2, 0.25) is 0 Å². The Morgan fingerprint density at radius 2 is 1.67 bits per heavy atom. The van der Waals surface area contributed by atoms with Crippen LogP contribution in [0, 0.1) is 36.5 Å². The van der Waals surface area contributed by atoms with Crippen molar-refractivity contribution in [2.45, 2.75) is 148 Å². The molecule has 1 aromatic heterocycles. The van der Waals surface area contributed by atoms with Crippen LogP contribution in [-0.4, -0.2) is 124 Å². The summed E-state index contributed by atoms with van der Waals surface area (Å²) in [5.41, 5.74) is -3.53. The molecule has 0 saturated carbocycles. The van der Waals surface area contributed by atoms with Crippen LogP contribution >= 0.6 is 11.8 Å². The van der Waals surface area contributed by atoms with Gasteiger partial charge in [0.05, 0.1) is 23.9 Å². The van der Waals surface area contributed by atoms with Crippen molar-refractivity contribution in [2.24, 2.45) is 29.6 Å². The highest BCUT2D eigenvalue weighted by Crippen LogP contribution is 2.49. The molecule has 58 heavy (non-hydrogen) atoms. The van der Waals surface area contributed by atoms with Crippen LogP contribution in [0.3, 0.4) is 0 Å². The van der Waals surface area contributed by atoms with Gasteiger partial charge in [-0.2, -0.15) is 0 Å². The maximum absolute atomic E-state index is 14.7. The molecule has 1 aromatic rings. The lowest BCUT2D eigenvalue weighted by atomic mass is 9.70. The number of ketones is 2. The maximum atomic E-state index is 14.7. The summed E-state index contributed by atoms with van der Waals surface area (Å²) in [5.74, 6) is -7.08. The molecular formula is C41H63N3O13S. The number of nitrogens with one attached hydrogen (secondary N) is 1. The van der Waals surface area contributed by atoms with E-state index in [1.165, 1.54) is 43.5 Å². The Balaban J connectivity index is 1.77. The largest absolute Gasteiger partial charge is 0.458 e. The van der Waals surface area contributed by atoms with E-state index in [4.69, 9.17) is 28.4 Å². The second-order valence-corrected chi connectivity index (χ2v) is 18.2. The second kappa shape index (κ2) is 18.9. The van der Waals surface area contributed by atoms with Crippen LogP contribution < -0.4 is 11.2 Å². The molecule has 3 aliphatic rings. The van der Waals surface area contributed by atoms with Crippen LogP contribution in [0.15, 0.2) is 15.8 Å². The Bertz CT molecular complexity index is 1810. The number of fused-ring (bicyclic) bond motifs is 1. The molecule has 0 spiro atoms. The summed E-state index contributed by atoms with van der Waals surface area (Å²) < 4.78 is 38.6. The zero-order chi connectivity index (χ0) is 43.6. The number of aryl methyl sites for hydroxylation is 2. The molecule has 0 aromatic carbocycles. The van der Waals surface area contributed by atoms with Gasteiger partial charge in [0, 0.05) is 61.8 Å². The number of cyclic esters (lactones) is 1. The molecule has 3 aliphatic heterocycles. The molecule has 1 N–H and O–H groups in total. The molecular weight excluding hydrogens is 775 g/mol. The number of ether oxygens (including phenoxy) is 6. The van der Waals surface area contributed by atoms with Gasteiger partial charge in [-0.25, -0.2) is 4.79 Å². The number of methoxy groups -OCH3 is 1. The fourth-order valence-corrected chi connectivity index (χ4v) is 10.6. The summed E-state index contributed by atoms with van der Waals surface area (Å²) in [6.07, 6.45) is -2.22. The molecule has 14 atom stereocenters. The number of esters is 3. The number of thioether (sulfide) groups is 1. The average molecular weight is 838 g/mol. The van der Waals surface area contributed by atoms with Gasteiger partial charge >= 0.3 is 23.6 Å². The first kappa shape index (κ1) is 47.3. The summed E-state index contributed by atoms with van der Waals surface area (Å²) in [4.78, 5) is 98.0. The third-order valence-electron chi connectivity index (χ3n) is 12.4. The summed E-state index contributed by atoms with van der Waals surface area (Å²) >= 11 is 1.22. The second-order valence-electron chi connectivity index (χ2n) is 17.0. The van der Waals surface area contributed by atoms with Gasteiger partial charge in [-0.15, -0.1) is 11.8 Å². The zero-order valence-electron chi connectivity index (χ0n) is 36.2. The number of likely N-dealkylation sites (N-methyl/N-ethyl adjacent to an activating group) is 1. The molecule has 3 fully saturated rings. The van der Waals surface area contributed by atoms with Crippen molar-refractivity contribution < 1.29 is 52.4 Å². The Hall–Kier alpha value is -3.38. The molecule has 0 aliphatic carbocycles. The number of Topliss-reactive ketones (excluding diaryl/α,β-unsaturated/α-hetero) is 2. The van der Waals surface area contributed by atoms with Crippen molar-refractivity contribution in [1.82, 2.24) is 14.5 Å². The van der Waals surface area contributed by atoms with Crippen molar-refractivity contribution >= 4 is 41.2 Å². The third-order valence-corrected chi connectivity index (χ3v) is 13.7. The first-order chi connectivity index (χ1) is 27.0. The summed E-state index contributed by atoms with van der Waals surface area (Å²) in [6, 6.07) is -0.296. The zero-order valence-corrected chi connectivity index (χ0v) is 37.0. The third kappa shape index (κ3) is 9.80. The fraction of sp³-hybridized carbons (Fsp3) is 0.780. The van der Waals surface area contributed by atoms with Gasteiger partial charge in [0.2, 0.25) is 0 Å². The number of aromatic amines is 1. The minimum Gasteiger partial charge on any atom is -0.458 e. The Morgan fingerprint density at radius 3 is 2.26 bits per heavy atom. The standard InChI is InChI=1S/C41H63N3O13S/c1-14-28-41(10)29(33(37(50)57-41)58-16-15-44-19-21(3)35(48)42-39(44)51)23(5)30(46)20(2)18-40(9,52-13)34(24(6)31(47)25(7)36(49)55-28)56-38-32(54-26(8)45)27(43(11)12)17-22(4)53-38/h19-20,22-25,27-29,32-34,38H,14-18H2,1-13H3,(H,42,48,51)/t20-,22-,23-,24+,25-,27+,28-,29+,32-,33+,34-,38+,40-,41-/m1/s1. The van der Waals surface area contributed by atoms with Crippen LogP contribution in [-0.2, 0) is 58.9 Å². The Morgan fingerprint density at radius 1 is 1.02 bits per heavy atom. The van der Waals surface area contributed by atoms with Crippen molar-refractivity contribution in [3.8, 4) is 0 Å². The molecule has 0 amide bonds. The van der Waals surface area contributed by atoms with Gasteiger partial charge < -0.3 is 33.3 Å². The van der Waals surface area contributed by atoms with Crippen molar-refractivity contribution in [1.29, 1.82) is 0 Å². The minimum atomic E-state index is -1.46. The quantitative estimate of drug-likeness (QED) is 0.205.